The number of hydrogen-bond donors (Lipinski definition) is 2. The Labute approximate surface area is 112 Å². The van der Waals surface area contributed by atoms with Crippen molar-refractivity contribution in [2.45, 2.75) is 13.8 Å². The number of hydrogen-bond acceptors (Lipinski definition) is 3. The third kappa shape index (κ3) is 2.49. The van der Waals surface area contributed by atoms with E-state index in [1.807, 2.05) is 42.8 Å². The quantitative estimate of drug-likeness (QED) is 0.892. The molecule has 3 N–H and O–H groups in total. The minimum atomic E-state index is 0.602. The molecule has 0 fully saturated rings. The van der Waals surface area contributed by atoms with Crippen LogP contribution in [0.2, 0.25) is 5.02 Å². The normalized spacial score (nSPS) is 10.7. The van der Waals surface area contributed by atoms with Crippen molar-refractivity contribution in [3.63, 3.8) is 0 Å². The van der Waals surface area contributed by atoms with E-state index in [1.54, 1.807) is 0 Å². The summed E-state index contributed by atoms with van der Waals surface area (Å²) >= 11 is 5.89. The second-order valence-corrected chi connectivity index (χ2v) is 4.59. The van der Waals surface area contributed by atoms with Crippen molar-refractivity contribution in [3.8, 4) is 5.69 Å². The van der Waals surface area contributed by atoms with Crippen LogP contribution >= 0.6 is 11.6 Å². The number of nitrogens with zero attached hydrogens (tertiary/aromatic N) is 2. The second-order valence-electron chi connectivity index (χ2n) is 4.15. The predicted octanol–water partition coefficient (Wildman–Crippen LogP) is 2.51. The van der Waals surface area contributed by atoms with E-state index >= 15 is 0 Å². The molecular weight excluding hydrogens is 248 g/mol. The van der Waals surface area contributed by atoms with Crippen LogP contribution in [0, 0.1) is 13.8 Å². The second kappa shape index (κ2) is 5.42. The molecule has 0 aliphatic carbocycles. The lowest BCUT2D eigenvalue weighted by atomic mass is 10.3. The van der Waals surface area contributed by atoms with Crippen LogP contribution in [0.15, 0.2) is 24.3 Å². The number of benzene rings is 1. The van der Waals surface area contributed by atoms with Gasteiger partial charge in [-0.3, -0.25) is 0 Å². The van der Waals surface area contributed by atoms with E-state index < -0.39 is 0 Å². The third-order valence-electron chi connectivity index (χ3n) is 2.81. The van der Waals surface area contributed by atoms with Crippen molar-refractivity contribution in [2.75, 3.05) is 18.4 Å². The molecule has 0 atom stereocenters. The Morgan fingerprint density at radius 2 is 1.94 bits per heavy atom. The summed E-state index contributed by atoms with van der Waals surface area (Å²) in [5.74, 6) is 0. The van der Waals surface area contributed by atoms with E-state index in [4.69, 9.17) is 17.3 Å². The Morgan fingerprint density at radius 1 is 1.28 bits per heavy atom. The highest BCUT2D eigenvalue weighted by Crippen LogP contribution is 2.23. The molecule has 0 aliphatic rings. The van der Waals surface area contributed by atoms with Gasteiger partial charge >= 0.3 is 0 Å². The number of aromatic nitrogens is 2. The van der Waals surface area contributed by atoms with Crippen LogP contribution in [-0.4, -0.2) is 22.9 Å². The highest BCUT2D eigenvalue weighted by Gasteiger charge is 2.11. The van der Waals surface area contributed by atoms with E-state index in [9.17, 15) is 0 Å². The molecule has 0 spiro atoms. The van der Waals surface area contributed by atoms with Gasteiger partial charge in [-0.05, 0) is 38.1 Å². The Kier molecular flexibility index (Phi) is 3.89. The van der Waals surface area contributed by atoms with Gasteiger partial charge in [-0.1, -0.05) is 11.6 Å². The molecule has 1 heterocycles. The van der Waals surface area contributed by atoms with Crippen LogP contribution in [0.3, 0.4) is 0 Å². The summed E-state index contributed by atoms with van der Waals surface area (Å²) in [5, 5.41) is 8.56. The van der Waals surface area contributed by atoms with E-state index in [-0.39, 0.29) is 0 Å². The maximum atomic E-state index is 5.89. The monoisotopic (exact) mass is 264 g/mol. The number of nitrogens with two attached hydrogens (primary N) is 1. The predicted molar refractivity (Wildman–Crippen MR) is 75.6 cm³/mol. The third-order valence-corrected chi connectivity index (χ3v) is 3.06. The molecule has 0 saturated carbocycles. The Bertz CT molecular complexity index is 531. The van der Waals surface area contributed by atoms with E-state index in [2.05, 4.69) is 10.4 Å². The van der Waals surface area contributed by atoms with Crippen LogP contribution in [-0.2, 0) is 0 Å². The maximum absolute atomic E-state index is 5.89. The fraction of sp³-hybridized carbons (Fsp3) is 0.308. The molecule has 0 bridgehead atoms. The molecule has 96 valence electrons. The van der Waals surface area contributed by atoms with Crippen molar-refractivity contribution < 1.29 is 0 Å². The van der Waals surface area contributed by atoms with Crippen molar-refractivity contribution in [3.05, 3.63) is 40.7 Å². The zero-order valence-electron chi connectivity index (χ0n) is 10.6. The van der Waals surface area contributed by atoms with Crippen molar-refractivity contribution >= 4 is 17.3 Å². The lowest BCUT2D eigenvalue weighted by Crippen LogP contribution is -2.14. The molecule has 0 radical (unpaired) electrons. The van der Waals surface area contributed by atoms with Crippen LogP contribution in [0.4, 0.5) is 5.69 Å². The summed E-state index contributed by atoms with van der Waals surface area (Å²) < 4.78 is 1.91. The summed E-state index contributed by atoms with van der Waals surface area (Å²) in [6.45, 7) is 5.37. The molecular formula is C13H17ClN4. The largest absolute Gasteiger partial charge is 0.381 e. The van der Waals surface area contributed by atoms with Gasteiger partial charge in [-0.15, -0.1) is 0 Å². The number of nitrogens with one attached hydrogen (secondary N) is 1. The summed E-state index contributed by atoms with van der Waals surface area (Å²) in [6.07, 6.45) is 0. The van der Waals surface area contributed by atoms with Gasteiger partial charge in [0.1, 0.15) is 0 Å². The molecule has 5 heteroatoms. The molecule has 18 heavy (non-hydrogen) atoms. The maximum Gasteiger partial charge on any atom is 0.0832 e. The SMILES string of the molecule is Cc1nn(-c2ccc(Cl)cc2)c(C)c1NCCN. The molecule has 0 unspecified atom stereocenters. The zero-order valence-corrected chi connectivity index (χ0v) is 11.3. The Balaban J connectivity index is 2.37. The van der Waals surface area contributed by atoms with Crippen molar-refractivity contribution in [1.82, 2.24) is 9.78 Å². The van der Waals surface area contributed by atoms with Gasteiger partial charge in [0.2, 0.25) is 0 Å². The van der Waals surface area contributed by atoms with Gasteiger partial charge in [0.25, 0.3) is 0 Å². The molecule has 1 aromatic heterocycles. The average Bonchev–Trinajstić information content (AvgIpc) is 2.64. The van der Waals surface area contributed by atoms with Crippen LogP contribution in [0.1, 0.15) is 11.4 Å². The smallest absolute Gasteiger partial charge is 0.0832 e. The van der Waals surface area contributed by atoms with Gasteiger partial charge in [-0.25, -0.2) is 4.68 Å². The van der Waals surface area contributed by atoms with Gasteiger partial charge < -0.3 is 11.1 Å². The van der Waals surface area contributed by atoms with Crippen LogP contribution in [0.5, 0.6) is 0 Å². The molecule has 2 aromatic rings. The number of rotatable bonds is 4. The molecule has 0 aliphatic heterocycles. The first-order chi connectivity index (χ1) is 8.63. The van der Waals surface area contributed by atoms with Crippen molar-refractivity contribution in [2.24, 2.45) is 5.73 Å². The van der Waals surface area contributed by atoms with Gasteiger partial charge in [0.05, 0.1) is 22.8 Å². The van der Waals surface area contributed by atoms with Crippen LogP contribution < -0.4 is 11.1 Å². The first-order valence-electron chi connectivity index (χ1n) is 5.89. The van der Waals surface area contributed by atoms with Gasteiger partial charge in [-0.2, -0.15) is 5.10 Å². The lowest BCUT2D eigenvalue weighted by Gasteiger charge is -2.07. The van der Waals surface area contributed by atoms with Crippen molar-refractivity contribution in [1.29, 1.82) is 0 Å². The Hall–Kier alpha value is -1.52. The topological polar surface area (TPSA) is 55.9 Å². The standard InChI is InChI=1S/C13H17ClN4/c1-9-13(16-8-7-15)10(2)18(17-9)12-5-3-11(14)4-6-12/h3-6,16H,7-8,15H2,1-2H3. The minimum absolute atomic E-state index is 0.602. The van der Waals surface area contributed by atoms with Crippen LogP contribution in [0.25, 0.3) is 5.69 Å². The highest BCUT2D eigenvalue weighted by atomic mass is 35.5. The number of aryl methyl sites for hydroxylation is 1. The molecule has 0 amide bonds. The fourth-order valence-corrected chi connectivity index (χ4v) is 2.06. The Morgan fingerprint density at radius 3 is 2.56 bits per heavy atom. The minimum Gasteiger partial charge on any atom is -0.381 e. The average molecular weight is 265 g/mol. The first-order valence-corrected chi connectivity index (χ1v) is 6.27. The van der Waals surface area contributed by atoms with Gasteiger partial charge in [0.15, 0.2) is 0 Å². The molecule has 0 saturated heterocycles. The summed E-state index contributed by atoms with van der Waals surface area (Å²) in [7, 11) is 0. The summed E-state index contributed by atoms with van der Waals surface area (Å²) in [5.41, 5.74) is 9.60. The lowest BCUT2D eigenvalue weighted by molar-refractivity contribution is 0.833. The molecule has 4 nitrogen and oxygen atoms in total. The number of anilines is 1. The van der Waals surface area contributed by atoms with Gasteiger partial charge in [0, 0.05) is 18.1 Å². The number of halogens is 1. The molecule has 2 rings (SSSR count). The zero-order chi connectivity index (χ0) is 13.1. The summed E-state index contributed by atoms with van der Waals surface area (Å²) in [6, 6.07) is 7.63. The first kappa shape index (κ1) is 12.9. The summed E-state index contributed by atoms with van der Waals surface area (Å²) in [4.78, 5) is 0. The fourth-order valence-electron chi connectivity index (χ4n) is 1.93. The highest BCUT2D eigenvalue weighted by molar-refractivity contribution is 6.30. The van der Waals surface area contributed by atoms with E-state index in [0.29, 0.717) is 6.54 Å². The molecule has 1 aromatic carbocycles. The van der Waals surface area contributed by atoms with E-state index in [0.717, 1.165) is 34.3 Å². The van der Waals surface area contributed by atoms with E-state index in [1.165, 1.54) is 0 Å².